The summed E-state index contributed by atoms with van der Waals surface area (Å²) in [5.41, 5.74) is 0. The van der Waals surface area contributed by atoms with E-state index in [1.54, 1.807) is 0 Å². The number of carbonyl (C=O) groups excluding carboxylic acids is 1. The fraction of sp³-hybridized carbons (Fsp3) is 0.909. The van der Waals surface area contributed by atoms with Crippen LogP contribution in [0, 0.1) is 0 Å². The Bertz CT molecular complexity index is 205. The van der Waals surface area contributed by atoms with Crippen molar-refractivity contribution in [1.29, 1.82) is 0 Å². The van der Waals surface area contributed by atoms with Crippen molar-refractivity contribution in [1.82, 2.24) is 10.6 Å². The highest BCUT2D eigenvalue weighted by molar-refractivity contribution is 8.77. The van der Waals surface area contributed by atoms with Gasteiger partial charge in [-0.2, -0.15) is 0 Å². The molecular formula is C11H26N2OS2. The van der Waals surface area contributed by atoms with Crippen molar-refractivity contribution in [3.63, 3.8) is 0 Å². The molecule has 1 aliphatic rings. The fourth-order valence-corrected chi connectivity index (χ4v) is 4.66. The highest BCUT2D eigenvalue weighted by atomic mass is 33.1. The molecule has 0 aliphatic carbocycles. The maximum atomic E-state index is 11.4. The van der Waals surface area contributed by atoms with Crippen molar-refractivity contribution in [3.8, 4) is 0 Å². The molecule has 1 rings (SSSR count). The molecule has 0 radical (unpaired) electrons. The van der Waals surface area contributed by atoms with Crippen LogP contribution in [0.15, 0.2) is 0 Å². The molecule has 1 heterocycles. The van der Waals surface area contributed by atoms with Gasteiger partial charge in [0.1, 0.15) is 0 Å². The van der Waals surface area contributed by atoms with Gasteiger partial charge in [0.2, 0.25) is 5.91 Å². The van der Waals surface area contributed by atoms with E-state index in [9.17, 15) is 4.79 Å². The molecule has 5 heteroatoms. The van der Waals surface area contributed by atoms with Crippen LogP contribution in [0.25, 0.3) is 0 Å². The van der Waals surface area contributed by atoms with E-state index in [1.165, 1.54) is 25.0 Å². The zero-order chi connectivity index (χ0) is 11.6. The van der Waals surface area contributed by atoms with Gasteiger partial charge >= 0.3 is 0 Å². The molecule has 2 N–H and O–H groups in total. The van der Waals surface area contributed by atoms with Crippen molar-refractivity contribution < 1.29 is 7.65 Å². The quantitative estimate of drug-likeness (QED) is 0.523. The first-order valence-corrected chi connectivity index (χ1v) is 8.40. The minimum Gasteiger partial charge on any atom is -0.355 e. The predicted molar refractivity (Wildman–Crippen MR) is 78.1 cm³/mol. The molecule has 0 aromatic heterocycles. The lowest BCUT2D eigenvalue weighted by atomic mass is 10.1. The van der Waals surface area contributed by atoms with Gasteiger partial charge in [0.15, 0.2) is 0 Å². The van der Waals surface area contributed by atoms with Crippen LogP contribution in [0.1, 0.15) is 35.0 Å². The summed E-state index contributed by atoms with van der Waals surface area (Å²) < 4.78 is 0. The standard InChI is InChI=1S/C11H22N2OS2.2H2/c1-12-7-8-13-11(14)5-3-2-4-10-6-9-15-16-10;;/h10,12H,2-9H2,1H3,(H,13,14);2*1H. The predicted octanol–water partition coefficient (Wildman–Crippen LogP) is 2.53. The van der Waals surface area contributed by atoms with Crippen LogP contribution < -0.4 is 10.6 Å². The minimum atomic E-state index is 0. The minimum absolute atomic E-state index is 0. The van der Waals surface area contributed by atoms with Crippen LogP contribution >= 0.6 is 21.6 Å². The van der Waals surface area contributed by atoms with Crippen molar-refractivity contribution in [2.24, 2.45) is 0 Å². The molecule has 1 amide bonds. The van der Waals surface area contributed by atoms with Crippen molar-refractivity contribution >= 4 is 27.5 Å². The van der Waals surface area contributed by atoms with Crippen LogP contribution in [0.2, 0.25) is 0 Å². The molecule has 1 aliphatic heterocycles. The molecule has 3 nitrogen and oxygen atoms in total. The zero-order valence-corrected chi connectivity index (χ0v) is 11.6. The summed E-state index contributed by atoms with van der Waals surface area (Å²) >= 11 is 0. The first-order valence-electron chi connectivity index (χ1n) is 6.02. The van der Waals surface area contributed by atoms with E-state index in [0.717, 1.165) is 24.8 Å². The van der Waals surface area contributed by atoms with Gasteiger partial charge in [0.05, 0.1) is 0 Å². The highest BCUT2D eigenvalue weighted by Crippen LogP contribution is 2.39. The molecular weight excluding hydrogens is 240 g/mol. The largest absolute Gasteiger partial charge is 0.355 e. The third-order valence-electron chi connectivity index (χ3n) is 2.60. The molecule has 0 spiro atoms. The Balaban J connectivity index is 0. The number of likely N-dealkylation sites (N-methyl/N-ethyl adjacent to an activating group) is 1. The van der Waals surface area contributed by atoms with Gasteiger partial charge < -0.3 is 10.6 Å². The Kier molecular flexibility index (Phi) is 8.15. The molecule has 1 saturated heterocycles. The Labute approximate surface area is 109 Å². The van der Waals surface area contributed by atoms with Crippen LogP contribution in [0.4, 0.5) is 0 Å². The van der Waals surface area contributed by atoms with Crippen LogP contribution in [0.3, 0.4) is 0 Å². The molecule has 1 fully saturated rings. The Morgan fingerprint density at radius 3 is 3.00 bits per heavy atom. The highest BCUT2D eigenvalue weighted by Gasteiger charge is 2.15. The van der Waals surface area contributed by atoms with Gasteiger partial charge in [-0.3, -0.25) is 4.79 Å². The van der Waals surface area contributed by atoms with Crippen molar-refractivity contribution in [3.05, 3.63) is 0 Å². The molecule has 0 bridgehead atoms. The lowest BCUT2D eigenvalue weighted by molar-refractivity contribution is -0.121. The summed E-state index contributed by atoms with van der Waals surface area (Å²) in [7, 11) is 5.91. The maximum Gasteiger partial charge on any atom is 0.220 e. The number of unbranched alkanes of at least 4 members (excludes halogenated alkanes) is 1. The lowest BCUT2D eigenvalue weighted by Crippen LogP contribution is -2.30. The van der Waals surface area contributed by atoms with Crippen LogP contribution in [-0.2, 0) is 4.79 Å². The summed E-state index contributed by atoms with van der Waals surface area (Å²) in [6, 6.07) is 0. The molecule has 1 atom stereocenters. The summed E-state index contributed by atoms with van der Waals surface area (Å²) in [6.07, 6.45) is 5.55. The van der Waals surface area contributed by atoms with E-state index in [-0.39, 0.29) is 8.76 Å². The van der Waals surface area contributed by atoms with Crippen LogP contribution in [0.5, 0.6) is 0 Å². The SMILES string of the molecule is CNCCNC(=O)CCCCC1CCSS1.[HH].[HH]. The zero-order valence-electron chi connectivity index (χ0n) is 9.96. The third kappa shape index (κ3) is 6.66. The van der Waals surface area contributed by atoms with Gasteiger partial charge in [-0.25, -0.2) is 0 Å². The second kappa shape index (κ2) is 9.19. The summed E-state index contributed by atoms with van der Waals surface area (Å²) in [5.74, 6) is 1.50. The van der Waals surface area contributed by atoms with Crippen molar-refractivity contribution in [2.45, 2.75) is 37.4 Å². The van der Waals surface area contributed by atoms with Crippen molar-refractivity contribution in [2.75, 3.05) is 25.9 Å². The normalized spacial score (nSPS) is 19.9. The first kappa shape index (κ1) is 14.2. The summed E-state index contributed by atoms with van der Waals surface area (Å²) in [4.78, 5) is 11.4. The van der Waals surface area contributed by atoms with E-state index < -0.39 is 0 Å². The second-order valence-electron chi connectivity index (χ2n) is 4.03. The van der Waals surface area contributed by atoms with E-state index in [2.05, 4.69) is 10.6 Å². The lowest BCUT2D eigenvalue weighted by Gasteiger charge is -2.07. The topological polar surface area (TPSA) is 41.1 Å². The Morgan fingerprint density at radius 1 is 1.44 bits per heavy atom. The van der Waals surface area contributed by atoms with E-state index >= 15 is 0 Å². The third-order valence-corrected chi connectivity index (χ3v) is 5.61. The number of hydrogen-bond donors (Lipinski definition) is 2. The average molecular weight is 266 g/mol. The number of nitrogens with one attached hydrogen (secondary N) is 2. The van der Waals surface area contributed by atoms with Gasteiger partial charge in [-0.15, -0.1) is 0 Å². The van der Waals surface area contributed by atoms with E-state index in [4.69, 9.17) is 0 Å². The number of carbonyl (C=O) groups is 1. The Morgan fingerprint density at radius 2 is 2.31 bits per heavy atom. The number of hydrogen-bond acceptors (Lipinski definition) is 4. The van der Waals surface area contributed by atoms with Crippen LogP contribution in [-0.4, -0.2) is 37.0 Å². The number of amides is 1. The number of rotatable bonds is 8. The molecule has 1 unspecified atom stereocenters. The summed E-state index contributed by atoms with van der Waals surface area (Å²) in [6.45, 7) is 1.59. The van der Waals surface area contributed by atoms with E-state index in [1.807, 2.05) is 28.6 Å². The van der Waals surface area contributed by atoms with Gasteiger partial charge in [-0.1, -0.05) is 28.0 Å². The monoisotopic (exact) mass is 266 g/mol. The van der Waals surface area contributed by atoms with E-state index in [0.29, 0.717) is 6.42 Å². The molecule has 0 aromatic carbocycles. The Hall–Kier alpha value is 0.130. The average Bonchev–Trinajstić information content (AvgIpc) is 2.78. The molecule has 16 heavy (non-hydrogen) atoms. The molecule has 0 aromatic rings. The molecule has 98 valence electrons. The maximum absolute atomic E-state index is 11.4. The smallest absolute Gasteiger partial charge is 0.220 e. The van der Waals surface area contributed by atoms with Gasteiger partial charge in [0, 0.05) is 33.4 Å². The second-order valence-corrected chi connectivity index (χ2v) is 6.82. The first-order chi connectivity index (χ1) is 7.83. The van der Waals surface area contributed by atoms with Gasteiger partial charge in [-0.05, 0) is 26.3 Å². The molecule has 0 saturated carbocycles. The fourth-order valence-electron chi connectivity index (χ4n) is 1.64. The summed E-state index contributed by atoms with van der Waals surface area (Å²) in [5, 5.41) is 6.75. The van der Waals surface area contributed by atoms with Gasteiger partial charge in [0.25, 0.3) is 0 Å².